The number of nitrogens with one attached hydrogen (secondary N) is 1. The molecule has 21 heavy (non-hydrogen) atoms. The van der Waals surface area contributed by atoms with Gasteiger partial charge in [0.25, 0.3) is 0 Å². The minimum Gasteiger partial charge on any atom is -0.395 e. The summed E-state index contributed by atoms with van der Waals surface area (Å²) in [6, 6.07) is 18.4. The lowest BCUT2D eigenvalue weighted by atomic mass is 10.0. The Balaban J connectivity index is 2.03. The average molecular weight is 304 g/mol. The van der Waals surface area contributed by atoms with E-state index >= 15 is 0 Å². The van der Waals surface area contributed by atoms with E-state index < -0.39 is 0 Å². The van der Waals surface area contributed by atoms with Gasteiger partial charge in [0.05, 0.1) is 6.61 Å². The van der Waals surface area contributed by atoms with Crippen LogP contribution in [0.2, 0.25) is 5.02 Å². The van der Waals surface area contributed by atoms with Gasteiger partial charge in [0.1, 0.15) is 0 Å². The van der Waals surface area contributed by atoms with Crippen LogP contribution >= 0.6 is 11.6 Å². The fourth-order valence-electron chi connectivity index (χ4n) is 2.50. The summed E-state index contributed by atoms with van der Waals surface area (Å²) in [4.78, 5) is 0. The lowest BCUT2D eigenvalue weighted by Crippen LogP contribution is -2.37. The van der Waals surface area contributed by atoms with Gasteiger partial charge < -0.3 is 10.4 Å². The smallest absolute Gasteiger partial charge is 0.0588 e. The van der Waals surface area contributed by atoms with Gasteiger partial charge in [-0.2, -0.15) is 0 Å². The predicted octanol–water partition coefficient (Wildman–Crippen LogP) is 3.98. The molecule has 2 atom stereocenters. The molecule has 2 N–H and O–H groups in total. The molecule has 0 aliphatic rings. The summed E-state index contributed by atoms with van der Waals surface area (Å²) in [6.07, 6.45) is 1.79. The lowest BCUT2D eigenvalue weighted by Gasteiger charge is -2.24. The third kappa shape index (κ3) is 4.85. The topological polar surface area (TPSA) is 32.3 Å². The van der Waals surface area contributed by atoms with Gasteiger partial charge in [-0.05, 0) is 36.1 Å². The molecule has 0 amide bonds. The molecule has 2 rings (SSSR count). The molecule has 0 bridgehead atoms. The van der Waals surface area contributed by atoms with E-state index in [9.17, 15) is 5.11 Å². The molecule has 0 aliphatic heterocycles. The first-order valence-corrected chi connectivity index (χ1v) is 7.77. The van der Waals surface area contributed by atoms with Gasteiger partial charge in [-0.1, -0.05) is 61.0 Å². The van der Waals surface area contributed by atoms with Crippen LogP contribution in [0.4, 0.5) is 0 Å². The van der Waals surface area contributed by atoms with Crippen LogP contribution < -0.4 is 5.32 Å². The number of rotatable bonds is 7. The molecule has 0 radical (unpaired) electrons. The van der Waals surface area contributed by atoms with Gasteiger partial charge in [0.15, 0.2) is 0 Å². The van der Waals surface area contributed by atoms with Crippen molar-refractivity contribution >= 4 is 11.6 Å². The standard InChI is InChI=1S/C18H22ClNO/c1-2-18(15-8-10-16(19)11-9-15)20-17(13-21)12-14-6-4-3-5-7-14/h3-11,17-18,20-21H,2,12-13H2,1H3/t17-,18?/m1/s1. The van der Waals surface area contributed by atoms with E-state index in [4.69, 9.17) is 11.6 Å². The monoisotopic (exact) mass is 303 g/mol. The highest BCUT2D eigenvalue weighted by molar-refractivity contribution is 6.30. The molecule has 0 saturated carbocycles. The molecule has 0 spiro atoms. The van der Waals surface area contributed by atoms with E-state index in [2.05, 4.69) is 24.4 Å². The maximum atomic E-state index is 9.64. The van der Waals surface area contributed by atoms with Crippen molar-refractivity contribution < 1.29 is 5.11 Å². The Hall–Kier alpha value is -1.35. The van der Waals surface area contributed by atoms with E-state index in [-0.39, 0.29) is 18.7 Å². The molecule has 0 fully saturated rings. The van der Waals surface area contributed by atoms with Crippen molar-refractivity contribution in [3.63, 3.8) is 0 Å². The highest BCUT2D eigenvalue weighted by atomic mass is 35.5. The number of aliphatic hydroxyl groups excluding tert-OH is 1. The summed E-state index contributed by atoms with van der Waals surface area (Å²) in [6.45, 7) is 2.27. The quantitative estimate of drug-likeness (QED) is 0.811. The fraction of sp³-hybridized carbons (Fsp3) is 0.333. The molecule has 0 heterocycles. The second-order valence-electron chi connectivity index (χ2n) is 5.25. The molecule has 2 aromatic rings. The van der Waals surface area contributed by atoms with Gasteiger partial charge in [-0.15, -0.1) is 0 Å². The molecule has 1 unspecified atom stereocenters. The third-order valence-electron chi connectivity index (χ3n) is 3.66. The first kappa shape index (κ1) is 16.0. The van der Waals surface area contributed by atoms with Gasteiger partial charge in [0, 0.05) is 17.1 Å². The maximum Gasteiger partial charge on any atom is 0.0588 e. The Bertz CT molecular complexity index is 527. The zero-order chi connectivity index (χ0) is 15.1. The first-order chi connectivity index (χ1) is 10.2. The summed E-state index contributed by atoms with van der Waals surface area (Å²) < 4.78 is 0. The Labute approximate surface area is 131 Å². The Morgan fingerprint density at radius 1 is 1.05 bits per heavy atom. The summed E-state index contributed by atoms with van der Waals surface area (Å²) in [7, 11) is 0. The molecule has 0 aromatic heterocycles. The summed E-state index contributed by atoms with van der Waals surface area (Å²) in [5.74, 6) is 0. The van der Waals surface area contributed by atoms with Crippen molar-refractivity contribution in [2.75, 3.05) is 6.61 Å². The summed E-state index contributed by atoms with van der Waals surface area (Å²) in [5, 5.41) is 13.9. The number of hydrogen-bond donors (Lipinski definition) is 2. The normalized spacial score (nSPS) is 13.9. The highest BCUT2D eigenvalue weighted by Crippen LogP contribution is 2.20. The molecule has 112 valence electrons. The van der Waals surface area contributed by atoms with E-state index in [1.54, 1.807) is 0 Å². The molecule has 2 aromatic carbocycles. The summed E-state index contributed by atoms with van der Waals surface area (Å²) in [5.41, 5.74) is 2.43. The number of hydrogen-bond acceptors (Lipinski definition) is 2. The van der Waals surface area contributed by atoms with Crippen molar-refractivity contribution in [1.29, 1.82) is 0 Å². The van der Waals surface area contributed by atoms with E-state index in [1.807, 2.05) is 42.5 Å². The van der Waals surface area contributed by atoms with Gasteiger partial charge in [-0.25, -0.2) is 0 Å². The molecule has 2 nitrogen and oxygen atoms in total. The van der Waals surface area contributed by atoms with Crippen LogP contribution in [0.25, 0.3) is 0 Å². The zero-order valence-electron chi connectivity index (χ0n) is 12.3. The van der Waals surface area contributed by atoms with E-state index in [0.29, 0.717) is 0 Å². The van der Waals surface area contributed by atoms with Crippen molar-refractivity contribution in [1.82, 2.24) is 5.32 Å². The van der Waals surface area contributed by atoms with Gasteiger partial charge >= 0.3 is 0 Å². The largest absolute Gasteiger partial charge is 0.395 e. The van der Waals surface area contributed by atoms with Crippen LogP contribution in [0.15, 0.2) is 54.6 Å². The molecule has 0 aliphatic carbocycles. The number of aliphatic hydroxyl groups is 1. The fourth-order valence-corrected chi connectivity index (χ4v) is 2.63. The highest BCUT2D eigenvalue weighted by Gasteiger charge is 2.15. The van der Waals surface area contributed by atoms with E-state index in [1.165, 1.54) is 11.1 Å². The number of halogens is 1. The Kier molecular flexibility index (Phi) is 6.24. The van der Waals surface area contributed by atoms with Crippen LogP contribution in [-0.4, -0.2) is 17.8 Å². The SMILES string of the molecule is CCC(N[C@@H](CO)Cc1ccccc1)c1ccc(Cl)cc1. The minimum atomic E-state index is 0.0491. The van der Waals surface area contributed by atoms with Gasteiger partial charge in [0.2, 0.25) is 0 Å². The van der Waals surface area contributed by atoms with E-state index in [0.717, 1.165) is 17.9 Å². The lowest BCUT2D eigenvalue weighted by molar-refractivity contribution is 0.229. The van der Waals surface area contributed by atoms with Crippen molar-refractivity contribution in [2.24, 2.45) is 0 Å². The average Bonchev–Trinajstić information content (AvgIpc) is 2.53. The third-order valence-corrected chi connectivity index (χ3v) is 3.91. The first-order valence-electron chi connectivity index (χ1n) is 7.39. The number of benzene rings is 2. The predicted molar refractivity (Wildman–Crippen MR) is 88.6 cm³/mol. The minimum absolute atomic E-state index is 0.0491. The van der Waals surface area contributed by atoms with Gasteiger partial charge in [-0.3, -0.25) is 0 Å². The second-order valence-corrected chi connectivity index (χ2v) is 5.68. The van der Waals surface area contributed by atoms with Crippen LogP contribution in [0, 0.1) is 0 Å². The molecular weight excluding hydrogens is 282 g/mol. The van der Waals surface area contributed by atoms with Crippen LogP contribution in [0.5, 0.6) is 0 Å². The van der Waals surface area contributed by atoms with Crippen molar-refractivity contribution in [3.8, 4) is 0 Å². The van der Waals surface area contributed by atoms with Crippen LogP contribution in [0.3, 0.4) is 0 Å². The maximum absolute atomic E-state index is 9.64. The molecule has 3 heteroatoms. The zero-order valence-corrected chi connectivity index (χ0v) is 13.1. The molecular formula is C18H22ClNO. The Morgan fingerprint density at radius 2 is 1.71 bits per heavy atom. The molecule has 0 saturated heterocycles. The van der Waals surface area contributed by atoms with Crippen LogP contribution in [0.1, 0.15) is 30.5 Å². The second kappa shape index (κ2) is 8.18. The summed E-state index contributed by atoms with van der Waals surface area (Å²) >= 11 is 5.94. The van der Waals surface area contributed by atoms with Crippen molar-refractivity contribution in [2.45, 2.75) is 31.8 Å². The van der Waals surface area contributed by atoms with Crippen molar-refractivity contribution in [3.05, 3.63) is 70.7 Å². The Morgan fingerprint density at radius 3 is 2.29 bits per heavy atom. The van der Waals surface area contributed by atoms with Crippen LogP contribution in [-0.2, 0) is 6.42 Å².